The third-order valence-corrected chi connectivity index (χ3v) is 1.07. The van der Waals surface area contributed by atoms with Gasteiger partial charge in [0.1, 0.15) is 0 Å². The zero-order valence-corrected chi connectivity index (χ0v) is 11.0. The normalized spacial score (nSPS) is 9.60. The molecule has 0 rings (SSSR count). The summed E-state index contributed by atoms with van der Waals surface area (Å²) in [4.78, 5) is 10.8. The van der Waals surface area contributed by atoms with Crippen LogP contribution >= 0.6 is 0 Å². The number of hydrogen-bond donors (Lipinski definition) is 0. The average Bonchev–Trinajstić information content (AvgIpc) is 2.12. The van der Waals surface area contributed by atoms with Gasteiger partial charge in [0.05, 0.1) is 13.2 Å². The predicted molar refractivity (Wildman–Crippen MR) is 62.9 cm³/mol. The Bertz CT molecular complexity index is 128. The van der Waals surface area contributed by atoms with Gasteiger partial charge in [0.25, 0.3) is 0 Å². The fourth-order valence-electron chi connectivity index (χ4n) is 0.511. The van der Waals surface area contributed by atoms with Gasteiger partial charge < -0.3 is 9.47 Å². The molecular formula is C12H26O3. The van der Waals surface area contributed by atoms with Crippen molar-refractivity contribution in [3.63, 3.8) is 0 Å². The second-order valence-electron chi connectivity index (χ2n) is 4.37. The number of ether oxygens (including phenoxy) is 2. The van der Waals surface area contributed by atoms with Gasteiger partial charge in [-0.2, -0.15) is 0 Å². The molecule has 0 aliphatic heterocycles. The van der Waals surface area contributed by atoms with E-state index in [-0.39, 0.29) is 0 Å². The lowest BCUT2D eigenvalue weighted by molar-refractivity contribution is 0.0404. The summed E-state index contributed by atoms with van der Waals surface area (Å²) in [5, 5.41) is 0. The van der Waals surface area contributed by atoms with Crippen LogP contribution in [0.4, 0.5) is 4.79 Å². The molecule has 3 heteroatoms. The van der Waals surface area contributed by atoms with Crippen molar-refractivity contribution in [2.75, 3.05) is 13.2 Å². The Balaban J connectivity index is 0. The Morgan fingerprint density at radius 1 is 0.933 bits per heavy atom. The lowest BCUT2D eigenvalue weighted by Crippen LogP contribution is -2.14. The molecule has 0 fully saturated rings. The first-order chi connectivity index (χ1) is 6.93. The van der Waals surface area contributed by atoms with E-state index in [4.69, 9.17) is 9.47 Å². The number of carbonyl (C=O) groups is 1. The molecule has 0 N–H and O–H groups in total. The molecule has 0 bridgehead atoms. The van der Waals surface area contributed by atoms with E-state index in [1.54, 1.807) is 0 Å². The van der Waals surface area contributed by atoms with Crippen molar-refractivity contribution < 1.29 is 14.3 Å². The highest BCUT2D eigenvalue weighted by Crippen LogP contribution is 1.97. The highest BCUT2D eigenvalue weighted by molar-refractivity contribution is 5.59. The minimum absolute atomic E-state index is 0.358. The summed E-state index contributed by atoms with van der Waals surface area (Å²) < 4.78 is 9.59. The number of rotatable bonds is 4. The molecule has 0 unspecified atom stereocenters. The summed E-state index contributed by atoms with van der Waals surface area (Å²) >= 11 is 0. The molecule has 0 amide bonds. The lowest BCUT2D eigenvalue weighted by atomic mass is 10.2. The van der Waals surface area contributed by atoms with E-state index in [0.29, 0.717) is 25.0 Å². The van der Waals surface area contributed by atoms with Gasteiger partial charge >= 0.3 is 6.16 Å². The highest BCUT2D eigenvalue weighted by Gasteiger charge is 2.05. The van der Waals surface area contributed by atoms with Crippen LogP contribution in [0.5, 0.6) is 0 Å². The van der Waals surface area contributed by atoms with E-state index >= 15 is 0 Å². The van der Waals surface area contributed by atoms with Gasteiger partial charge in [-0.1, -0.05) is 48.0 Å². The first-order valence-electron chi connectivity index (χ1n) is 5.73. The molecule has 0 aliphatic rings. The van der Waals surface area contributed by atoms with Crippen molar-refractivity contribution >= 4 is 6.16 Å². The zero-order chi connectivity index (χ0) is 12.3. The highest BCUT2D eigenvalue weighted by atomic mass is 16.7. The standard InChI is InChI=1S/C9H18O3.C3H8/c1-7(2)5-11-9(10)12-6-8(3)4;1-3-2/h7-8H,5-6H2,1-4H3;3H2,1-2H3. The van der Waals surface area contributed by atoms with Crippen molar-refractivity contribution in [3.8, 4) is 0 Å². The molecule has 0 heterocycles. The maximum atomic E-state index is 10.8. The lowest BCUT2D eigenvalue weighted by Gasteiger charge is -2.08. The largest absolute Gasteiger partial charge is 0.508 e. The third-order valence-electron chi connectivity index (χ3n) is 1.07. The first kappa shape index (κ1) is 16.7. The van der Waals surface area contributed by atoms with E-state index in [0.717, 1.165) is 0 Å². The van der Waals surface area contributed by atoms with E-state index in [1.807, 2.05) is 27.7 Å². The fraction of sp³-hybridized carbons (Fsp3) is 0.917. The number of hydrogen-bond acceptors (Lipinski definition) is 3. The Kier molecular flexibility index (Phi) is 12.6. The maximum absolute atomic E-state index is 10.8. The van der Waals surface area contributed by atoms with E-state index < -0.39 is 6.16 Å². The first-order valence-corrected chi connectivity index (χ1v) is 5.73. The van der Waals surface area contributed by atoms with E-state index in [1.165, 1.54) is 6.42 Å². The molecule has 0 saturated carbocycles. The van der Waals surface area contributed by atoms with E-state index in [9.17, 15) is 4.79 Å². The van der Waals surface area contributed by atoms with Gasteiger partial charge in [-0.05, 0) is 11.8 Å². The van der Waals surface area contributed by atoms with Crippen molar-refractivity contribution in [2.45, 2.75) is 48.0 Å². The molecule has 0 radical (unpaired) electrons. The van der Waals surface area contributed by atoms with Crippen molar-refractivity contribution in [1.82, 2.24) is 0 Å². The molecule has 0 aromatic heterocycles. The number of carbonyl (C=O) groups excluding carboxylic acids is 1. The Hall–Kier alpha value is -0.730. The van der Waals surface area contributed by atoms with Gasteiger partial charge in [0.2, 0.25) is 0 Å². The zero-order valence-electron chi connectivity index (χ0n) is 11.0. The minimum Gasteiger partial charge on any atom is -0.434 e. The average molecular weight is 218 g/mol. The van der Waals surface area contributed by atoms with Crippen molar-refractivity contribution in [1.29, 1.82) is 0 Å². The van der Waals surface area contributed by atoms with Crippen LogP contribution in [0.2, 0.25) is 0 Å². The molecule has 0 aliphatic carbocycles. The molecule has 0 saturated heterocycles. The summed E-state index contributed by atoms with van der Waals surface area (Å²) in [5.41, 5.74) is 0. The van der Waals surface area contributed by atoms with Gasteiger partial charge in [-0.15, -0.1) is 0 Å². The molecule has 92 valence electrons. The van der Waals surface area contributed by atoms with Crippen LogP contribution in [-0.4, -0.2) is 19.4 Å². The summed E-state index contributed by atoms with van der Waals surface area (Å²) in [7, 11) is 0. The Morgan fingerprint density at radius 2 is 1.20 bits per heavy atom. The smallest absolute Gasteiger partial charge is 0.434 e. The Labute approximate surface area is 94.1 Å². The molecule has 0 atom stereocenters. The molecule has 0 aromatic rings. The monoisotopic (exact) mass is 218 g/mol. The summed E-state index contributed by atoms with van der Waals surface area (Å²) in [6.07, 6.45) is 0.692. The fourth-order valence-corrected chi connectivity index (χ4v) is 0.511. The SMILES string of the molecule is CC(C)COC(=O)OCC(C)C.CCC. The molecule has 0 spiro atoms. The predicted octanol–water partition coefficient (Wildman–Crippen LogP) is 3.87. The summed E-state index contributed by atoms with van der Waals surface area (Å²) in [6, 6.07) is 0. The Morgan fingerprint density at radius 3 is 1.40 bits per heavy atom. The molecule has 3 nitrogen and oxygen atoms in total. The third kappa shape index (κ3) is 19.6. The van der Waals surface area contributed by atoms with Crippen molar-refractivity contribution in [3.05, 3.63) is 0 Å². The van der Waals surface area contributed by atoms with Gasteiger partial charge in [0.15, 0.2) is 0 Å². The van der Waals surface area contributed by atoms with Gasteiger partial charge in [-0.3, -0.25) is 0 Å². The van der Waals surface area contributed by atoms with Crippen LogP contribution in [0.1, 0.15) is 48.0 Å². The topological polar surface area (TPSA) is 35.5 Å². The maximum Gasteiger partial charge on any atom is 0.508 e. The quantitative estimate of drug-likeness (QED) is 0.672. The van der Waals surface area contributed by atoms with E-state index in [2.05, 4.69) is 13.8 Å². The van der Waals surface area contributed by atoms with Crippen LogP contribution in [-0.2, 0) is 9.47 Å². The summed E-state index contributed by atoms with van der Waals surface area (Å²) in [5.74, 6) is 0.716. The van der Waals surface area contributed by atoms with Crippen LogP contribution in [0, 0.1) is 11.8 Å². The second-order valence-corrected chi connectivity index (χ2v) is 4.37. The molecular weight excluding hydrogens is 192 g/mol. The minimum atomic E-state index is -0.558. The molecule has 0 aromatic carbocycles. The molecule has 15 heavy (non-hydrogen) atoms. The van der Waals surface area contributed by atoms with Gasteiger partial charge in [-0.25, -0.2) is 4.79 Å². The van der Waals surface area contributed by atoms with Crippen LogP contribution in [0.15, 0.2) is 0 Å². The van der Waals surface area contributed by atoms with Crippen LogP contribution < -0.4 is 0 Å². The van der Waals surface area contributed by atoms with Crippen LogP contribution in [0.25, 0.3) is 0 Å². The van der Waals surface area contributed by atoms with Crippen molar-refractivity contribution in [2.24, 2.45) is 11.8 Å². The van der Waals surface area contributed by atoms with Crippen LogP contribution in [0.3, 0.4) is 0 Å². The van der Waals surface area contributed by atoms with Gasteiger partial charge in [0, 0.05) is 0 Å². The second kappa shape index (κ2) is 11.3. The summed E-state index contributed by atoms with van der Waals surface area (Å²) in [6.45, 7) is 13.0.